The third kappa shape index (κ3) is 5.81. The van der Waals surface area contributed by atoms with Crippen molar-refractivity contribution in [3.8, 4) is 0 Å². The molecule has 0 spiro atoms. The van der Waals surface area contributed by atoms with Gasteiger partial charge >= 0.3 is 11.9 Å². The molecule has 0 aliphatic heterocycles. The first-order valence-corrected chi connectivity index (χ1v) is 5.97. The fourth-order valence-corrected chi connectivity index (χ4v) is 1.48. The molecule has 1 atom stereocenters. The molecule has 1 unspecified atom stereocenters. The second-order valence-corrected chi connectivity index (χ2v) is 4.08. The third-order valence-corrected chi connectivity index (χ3v) is 2.49. The molecule has 1 aromatic rings. The van der Waals surface area contributed by atoms with E-state index in [2.05, 4.69) is 5.32 Å². The standard InChI is InChI=1S/C14H15NO5/c16-12(8-6-10-4-2-1-3-5-10)15-11(14(19)20)7-9-13(17)18/h1-6,8,11H,7,9H2,(H,15,16)(H,17,18)(H,19,20)/b8-6+. The molecule has 1 amide bonds. The van der Waals surface area contributed by atoms with E-state index in [1.54, 1.807) is 18.2 Å². The normalized spacial score (nSPS) is 12.0. The lowest BCUT2D eigenvalue weighted by atomic mass is 10.1. The number of hydrogen-bond donors (Lipinski definition) is 3. The summed E-state index contributed by atoms with van der Waals surface area (Å²) < 4.78 is 0. The fourth-order valence-electron chi connectivity index (χ4n) is 1.48. The molecule has 0 saturated heterocycles. The maximum absolute atomic E-state index is 11.6. The van der Waals surface area contributed by atoms with Crippen LogP contribution in [0.15, 0.2) is 36.4 Å². The Morgan fingerprint density at radius 3 is 2.35 bits per heavy atom. The van der Waals surface area contributed by atoms with E-state index >= 15 is 0 Å². The molecular weight excluding hydrogens is 262 g/mol. The van der Waals surface area contributed by atoms with Crippen LogP contribution in [0.3, 0.4) is 0 Å². The number of carboxylic acids is 2. The van der Waals surface area contributed by atoms with Crippen LogP contribution in [-0.2, 0) is 14.4 Å². The number of amides is 1. The van der Waals surface area contributed by atoms with Gasteiger partial charge in [-0.05, 0) is 18.1 Å². The average Bonchev–Trinajstić information content (AvgIpc) is 2.41. The second-order valence-electron chi connectivity index (χ2n) is 4.08. The third-order valence-electron chi connectivity index (χ3n) is 2.49. The number of nitrogens with one attached hydrogen (secondary N) is 1. The molecule has 6 heteroatoms. The first-order valence-electron chi connectivity index (χ1n) is 5.97. The van der Waals surface area contributed by atoms with Gasteiger partial charge in [-0.15, -0.1) is 0 Å². The number of rotatable bonds is 7. The fraction of sp³-hybridized carbons (Fsp3) is 0.214. The van der Waals surface area contributed by atoms with Crippen molar-refractivity contribution in [2.45, 2.75) is 18.9 Å². The number of carboxylic acid groups (broad SMARTS) is 2. The lowest BCUT2D eigenvalue weighted by molar-refractivity contribution is -0.142. The van der Waals surface area contributed by atoms with Gasteiger partial charge < -0.3 is 15.5 Å². The van der Waals surface area contributed by atoms with E-state index in [-0.39, 0.29) is 12.8 Å². The molecule has 3 N–H and O–H groups in total. The molecule has 0 saturated carbocycles. The molecule has 0 aromatic heterocycles. The molecule has 0 heterocycles. The Bertz CT molecular complexity index is 510. The Hall–Kier alpha value is -2.63. The highest BCUT2D eigenvalue weighted by Gasteiger charge is 2.19. The topological polar surface area (TPSA) is 104 Å². The van der Waals surface area contributed by atoms with Crippen molar-refractivity contribution in [2.24, 2.45) is 0 Å². The molecule has 0 bridgehead atoms. The Kier molecular flexibility index (Phi) is 5.96. The Balaban J connectivity index is 2.56. The maximum atomic E-state index is 11.6. The molecule has 0 radical (unpaired) electrons. The minimum absolute atomic E-state index is 0.157. The van der Waals surface area contributed by atoms with Gasteiger partial charge in [-0.3, -0.25) is 9.59 Å². The van der Waals surface area contributed by atoms with Crippen LogP contribution in [0.5, 0.6) is 0 Å². The largest absolute Gasteiger partial charge is 0.481 e. The minimum Gasteiger partial charge on any atom is -0.481 e. The van der Waals surface area contributed by atoms with E-state index in [1.807, 2.05) is 18.2 Å². The number of aliphatic carboxylic acids is 2. The molecule has 20 heavy (non-hydrogen) atoms. The monoisotopic (exact) mass is 277 g/mol. The number of benzene rings is 1. The summed E-state index contributed by atoms with van der Waals surface area (Å²) in [6, 6.07) is 7.84. The van der Waals surface area contributed by atoms with Crippen molar-refractivity contribution in [3.63, 3.8) is 0 Å². The molecular formula is C14H15NO5. The van der Waals surface area contributed by atoms with Gasteiger partial charge in [0.05, 0.1) is 0 Å². The summed E-state index contributed by atoms with van der Waals surface area (Å²) in [6.45, 7) is 0. The van der Waals surface area contributed by atoms with E-state index in [1.165, 1.54) is 6.08 Å². The summed E-state index contributed by atoms with van der Waals surface area (Å²) in [5.41, 5.74) is 0.806. The van der Waals surface area contributed by atoms with Crippen molar-refractivity contribution >= 4 is 23.9 Å². The van der Waals surface area contributed by atoms with Crippen LogP contribution in [0.4, 0.5) is 0 Å². The number of hydrogen-bond acceptors (Lipinski definition) is 3. The highest BCUT2D eigenvalue weighted by Crippen LogP contribution is 2.02. The Morgan fingerprint density at radius 1 is 1.15 bits per heavy atom. The highest BCUT2D eigenvalue weighted by molar-refractivity contribution is 5.94. The summed E-state index contributed by atoms with van der Waals surface area (Å²) in [5.74, 6) is -2.94. The van der Waals surface area contributed by atoms with Crippen LogP contribution >= 0.6 is 0 Å². The predicted octanol–water partition coefficient (Wildman–Crippen LogP) is 1.13. The zero-order valence-corrected chi connectivity index (χ0v) is 10.7. The van der Waals surface area contributed by atoms with Crippen molar-refractivity contribution in [2.75, 3.05) is 0 Å². The van der Waals surface area contributed by atoms with E-state index < -0.39 is 23.9 Å². The highest BCUT2D eigenvalue weighted by atomic mass is 16.4. The molecule has 6 nitrogen and oxygen atoms in total. The molecule has 0 fully saturated rings. The average molecular weight is 277 g/mol. The molecule has 106 valence electrons. The summed E-state index contributed by atoms with van der Waals surface area (Å²) in [5, 5.41) is 19.7. The van der Waals surface area contributed by atoms with E-state index in [0.29, 0.717) is 0 Å². The summed E-state index contributed by atoms with van der Waals surface area (Å²) in [7, 11) is 0. The van der Waals surface area contributed by atoms with Crippen molar-refractivity contribution in [1.82, 2.24) is 5.32 Å². The number of carbonyl (C=O) groups excluding carboxylic acids is 1. The quantitative estimate of drug-likeness (QED) is 0.648. The second kappa shape index (κ2) is 7.73. The summed E-state index contributed by atoms with van der Waals surface area (Å²) in [6.07, 6.45) is 2.28. The van der Waals surface area contributed by atoms with Crippen molar-refractivity contribution in [3.05, 3.63) is 42.0 Å². The van der Waals surface area contributed by atoms with Gasteiger partial charge in [-0.2, -0.15) is 0 Å². The predicted molar refractivity (Wildman–Crippen MR) is 71.9 cm³/mol. The molecule has 0 aliphatic rings. The number of carbonyl (C=O) groups is 3. The van der Waals surface area contributed by atoms with Gasteiger partial charge in [-0.25, -0.2) is 4.79 Å². The van der Waals surface area contributed by atoms with Crippen LogP contribution in [0.2, 0.25) is 0 Å². The van der Waals surface area contributed by atoms with E-state index in [4.69, 9.17) is 10.2 Å². The van der Waals surface area contributed by atoms with E-state index in [9.17, 15) is 14.4 Å². The first-order chi connectivity index (χ1) is 9.49. The Labute approximate surface area is 115 Å². The zero-order valence-electron chi connectivity index (χ0n) is 10.7. The van der Waals surface area contributed by atoms with Crippen LogP contribution in [0.25, 0.3) is 6.08 Å². The molecule has 0 aliphatic carbocycles. The maximum Gasteiger partial charge on any atom is 0.326 e. The zero-order chi connectivity index (χ0) is 15.0. The van der Waals surface area contributed by atoms with Gasteiger partial charge in [0.2, 0.25) is 5.91 Å². The van der Waals surface area contributed by atoms with Gasteiger partial charge in [0.1, 0.15) is 6.04 Å². The van der Waals surface area contributed by atoms with Crippen molar-refractivity contribution in [1.29, 1.82) is 0 Å². The van der Waals surface area contributed by atoms with Gasteiger partial charge in [0.25, 0.3) is 0 Å². The van der Waals surface area contributed by atoms with Gasteiger partial charge in [0.15, 0.2) is 0 Å². The minimum atomic E-state index is -1.26. The van der Waals surface area contributed by atoms with Gasteiger partial charge in [-0.1, -0.05) is 30.3 Å². The first kappa shape index (κ1) is 15.4. The van der Waals surface area contributed by atoms with Crippen LogP contribution in [0, 0.1) is 0 Å². The lowest BCUT2D eigenvalue weighted by Gasteiger charge is -2.11. The Morgan fingerprint density at radius 2 is 1.80 bits per heavy atom. The van der Waals surface area contributed by atoms with Crippen LogP contribution in [-0.4, -0.2) is 34.1 Å². The smallest absolute Gasteiger partial charge is 0.326 e. The lowest BCUT2D eigenvalue weighted by Crippen LogP contribution is -2.40. The molecule has 1 aromatic carbocycles. The van der Waals surface area contributed by atoms with Crippen LogP contribution in [0.1, 0.15) is 18.4 Å². The van der Waals surface area contributed by atoms with Crippen LogP contribution < -0.4 is 5.32 Å². The summed E-state index contributed by atoms with van der Waals surface area (Å²) in [4.78, 5) is 32.9. The summed E-state index contributed by atoms with van der Waals surface area (Å²) >= 11 is 0. The van der Waals surface area contributed by atoms with E-state index in [0.717, 1.165) is 5.56 Å². The van der Waals surface area contributed by atoms with Gasteiger partial charge in [0, 0.05) is 12.5 Å². The molecule has 1 rings (SSSR count). The SMILES string of the molecule is O=C(O)CCC(NC(=O)/C=C/c1ccccc1)C(=O)O. The van der Waals surface area contributed by atoms with Crippen molar-refractivity contribution < 1.29 is 24.6 Å².